The molecule has 9 heteroatoms. The highest BCUT2D eigenvalue weighted by atomic mass is 32.3. The molecule has 0 saturated carbocycles. The first-order valence-corrected chi connectivity index (χ1v) is 5.54. The van der Waals surface area contributed by atoms with E-state index in [9.17, 15) is 16.8 Å². The van der Waals surface area contributed by atoms with Gasteiger partial charge in [-0.25, -0.2) is 8.42 Å². The van der Waals surface area contributed by atoms with Crippen molar-refractivity contribution in [3.05, 3.63) is 30.6 Å². The Hall–Kier alpha value is -1.03. The van der Waals surface area contributed by atoms with E-state index >= 15 is 0 Å². The van der Waals surface area contributed by atoms with Crippen molar-refractivity contribution in [2.75, 3.05) is 0 Å². The van der Waals surface area contributed by atoms with Crippen LogP contribution in [0.2, 0.25) is 0 Å². The Labute approximate surface area is 82.5 Å². The molecule has 0 saturated heterocycles. The molecule has 0 aromatic carbocycles. The standard InChI is InChI=1S/C5H5N.H2O6S2/c1-2-4-6-5-3-1;1-7(2)6-8(3,4)5/h1-5H;7H,(H,3,4,5). The zero-order chi connectivity index (χ0) is 11.0. The maximum Gasteiger partial charge on any atom is 0.411 e. The van der Waals surface area contributed by atoms with Gasteiger partial charge in [-0.2, -0.15) is 8.42 Å². The molecule has 0 radical (unpaired) electrons. The van der Waals surface area contributed by atoms with Crippen LogP contribution in [0.1, 0.15) is 0 Å². The van der Waals surface area contributed by atoms with Crippen LogP contribution in [0.15, 0.2) is 30.6 Å². The summed E-state index contributed by atoms with van der Waals surface area (Å²) in [6, 6.07) is 5.72. The first kappa shape index (κ1) is 13.0. The van der Waals surface area contributed by atoms with Crippen LogP contribution in [-0.2, 0) is 25.0 Å². The van der Waals surface area contributed by atoms with Gasteiger partial charge in [0.2, 0.25) is 0 Å². The number of thiol groups is 1. The molecule has 7 nitrogen and oxygen atoms in total. The molecule has 1 rings (SSSR count). The third-order valence-corrected chi connectivity index (χ3v) is 1.96. The van der Waals surface area contributed by atoms with Gasteiger partial charge >= 0.3 is 10.4 Å². The molecule has 0 amide bonds. The van der Waals surface area contributed by atoms with Gasteiger partial charge in [-0.3, -0.25) is 9.54 Å². The monoisotopic (exact) mass is 241 g/mol. The highest BCUT2D eigenvalue weighted by molar-refractivity contribution is 7.89. The second kappa shape index (κ2) is 6.43. The lowest BCUT2D eigenvalue weighted by molar-refractivity contribution is 0.391. The number of nitrogens with zero attached hydrogens (tertiary/aromatic N) is 1. The van der Waals surface area contributed by atoms with Crippen LogP contribution >= 0.6 is 0 Å². The van der Waals surface area contributed by atoms with Crippen molar-refractivity contribution in [1.82, 2.24) is 4.98 Å². The highest BCUT2D eigenvalue weighted by Gasteiger charge is 2.03. The average Bonchev–Trinajstić information content (AvgIpc) is 2.03. The van der Waals surface area contributed by atoms with E-state index in [2.05, 4.69) is 8.61 Å². The van der Waals surface area contributed by atoms with E-state index < -0.39 is 21.4 Å². The zero-order valence-electron chi connectivity index (χ0n) is 6.68. The Balaban J connectivity index is 0.000000249. The van der Waals surface area contributed by atoms with Gasteiger partial charge in [0.25, 0.3) is 11.0 Å². The lowest BCUT2D eigenvalue weighted by Gasteiger charge is -1.82. The molecule has 0 spiro atoms. The van der Waals surface area contributed by atoms with E-state index in [0.717, 1.165) is 0 Å². The van der Waals surface area contributed by atoms with E-state index in [4.69, 9.17) is 4.55 Å². The quantitative estimate of drug-likeness (QED) is 0.526. The number of hydrogen-bond donors (Lipinski definition) is 2. The molecule has 1 heterocycles. The van der Waals surface area contributed by atoms with E-state index in [-0.39, 0.29) is 0 Å². The summed E-state index contributed by atoms with van der Waals surface area (Å²) in [5.41, 5.74) is 0. The van der Waals surface area contributed by atoms with Gasteiger partial charge in [0.1, 0.15) is 0 Å². The molecule has 0 aliphatic heterocycles. The molecule has 14 heavy (non-hydrogen) atoms. The fraction of sp³-hybridized carbons (Fsp3) is 0. The topological polar surface area (TPSA) is 111 Å². The van der Waals surface area contributed by atoms with E-state index in [0.29, 0.717) is 0 Å². The average molecular weight is 241 g/mol. The predicted molar refractivity (Wildman–Crippen MR) is 47.2 cm³/mol. The van der Waals surface area contributed by atoms with Crippen molar-refractivity contribution >= 4 is 21.4 Å². The number of rotatable bonds is 2. The van der Waals surface area contributed by atoms with Crippen molar-refractivity contribution in [2.24, 2.45) is 0 Å². The molecule has 0 unspecified atom stereocenters. The van der Waals surface area contributed by atoms with Gasteiger partial charge in [0.05, 0.1) is 0 Å². The Bertz CT molecular complexity index is 376. The molecule has 1 N–H and O–H groups in total. The smallest absolute Gasteiger partial charge is 0.265 e. The fourth-order valence-electron chi connectivity index (χ4n) is 0.390. The molecule has 0 bridgehead atoms. The van der Waals surface area contributed by atoms with Crippen LogP contribution < -0.4 is 0 Å². The largest absolute Gasteiger partial charge is 0.411 e. The Kier molecular flexibility index (Phi) is 5.95. The van der Waals surface area contributed by atoms with Crippen LogP contribution in [-0.4, -0.2) is 26.4 Å². The van der Waals surface area contributed by atoms with E-state index in [1.807, 2.05) is 18.2 Å². The number of pyridine rings is 1. The van der Waals surface area contributed by atoms with Crippen molar-refractivity contribution in [2.45, 2.75) is 0 Å². The Morgan fingerprint density at radius 3 is 1.71 bits per heavy atom. The summed E-state index contributed by atoms with van der Waals surface area (Å²) in [7, 11) is -8.35. The summed E-state index contributed by atoms with van der Waals surface area (Å²) >= 11 is 0. The van der Waals surface area contributed by atoms with Gasteiger partial charge in [0, 0.05) is 12.4 Å². The summed E-state index contributed by atoms with van der Waals surface area (Å²) in [5.74, 6) is 0. The molecule has 0 fully saturated rings. The highest BCUT2D eigenvalue weighted by Crippen LogP contribution is 1.82. The van der Waals surface area contributed by atoms with Crippen molar-refractivity contribution in [3.8, 4) is 0 Å². The number of hydrogen-bond acceptors (Lipinski definition) is 6. The second-order valence-electron chi connectivity index (χ2n) is 1.75. The molecule has 0 aliphatic carbocycles. The molecule has 1 aromatic heterocycles. The number of aromatic nitrogens is 1. The summed E-state index contributed by atoms with van der Waals surface area (Å²) in [4.78, 5) is 3.78. The van der Waals surface area contributed by atoms with Crippen LogP contribution in [0.4, 0.5) is 0 Å². The second-order valence-corrected chi connectivity index (χ2v) is 3.65. The maximum atomic E-state index is 9.39. The summed E-state index contributed by atoms with van der Waals surface area (Å²) in [5, 5.41) is 0. The van der Waals surface area contributed by atoms with Crippen LogP contribution in [0.5, 0.6) is 0 Å². The fourth-order valence-corrected chi connectivity index (χ4v) is 1.00. The molecule has 1 aromatic rings. The molecule has 0 atom stereocenters. The molecular weight excluding hydrogens is 234 g/mol. The molecule has 0 aliphatic rings. The van der Waals surface area contributed by atoms with Crippen LogP contribution in [0, 0.1) is 0 Å². The maximum absolute atomic E-state index is 9.39. The minimum atomic E-state index is -4.82. The Morgan fingerprint density at radius 2 is 1.64 bits per heavy atom. The summed E-state index contributed by atoms with van der Waals surface area (Å²) in [6.07, 6.45) is 3.50. The van der Waals surface area contributed by atoms with Crippen LogP contribution in [0.3, 0.4) is 0 Å². The lowest BCUT2D eigenvalue weighted by atomic mass is 10.5. The van der Waals surface area contributed by atoms with Gasteiger partial charge in [-0.05, 0) is 12.1 Å². The zero-order valence-corrected chi connectivity index (χ0v) is 8.39. The minimum absolute atomic E-state index is 1.75. The van der Waals surface area contributed by atoms with Crippen molar-refractivity contribution < 1.29 is 25.0 Å². The summed E-state index contributed by atoms with van der Waals surface area (Å²) in [6.45, 7) is 0. The van der Waals surface area contributed by atoms with E-state index in [1.54, 1.807) is 12.4 Å². The van der Waals surface area contributed by atoms with Crippen LogP contribution in [0.25, 0.3) is 0 Å². The Morgan fingerprint density at radius 1 is 1.14 bits per heavy atom. The SMILES string of the molecule is O=[SH](=O)OS(=O)(=O)O.c1ccncc1. The first-order chi connectivity index (χ1) is 6.42. The van der Waals surface area contributed by atoms with E-state index in [1.165, 1.54) is 0 Å². The third kappa shape index (κ3) is 11.0. The molecular formula is C5H7NO6S2. The normalized spacial score (nSPS) is 10.4. The first-order valence-electron chi connectivity index (χ1n) is 3.08. The lowest BCUT2D eigenvalue weighted by Crippen LogP contribution is -2.00. The van der Waals surface area contributed by atoms with Crippen molar-refractivity contribution in [1.29, 1.82) is 0 Å². The summed E-state index contributed by atoms with van der Waals surface area (Å²) < 4.78 is 47.8. The minimum Gasteiger partial charge on any atom is -0.265 e. The van der Waals surface area contributed by atoms with Crippen molar-refractivity contribution in [3.63, 3.8) is 0 Å². The predicted octanol–water partition coefficient (Wildman–Crippen LogP) is -0.586. The molecule has 80 valence electrons. The third-order valence-electron chi connectivity index (χ3n) is 0.722. The van der Waals surface area contributed by atoms with Gasteiger partial charge < -0.3 is 0 Å². The van der Waals surface area contributed by atoms with Gasteiger partial charge in [-0.15, -0.1) is 3.63 Å². The van der Waals surface area contributed by atoms with Gasteiger partial charge in [-0.1, -0.05) is 6.07 Å². The van der Waals surface area contributed by atoms with Gasteiger partial charge in [0.15, 0.2) is 0 Å².